The number of carbonyl (C=O) groups is 2. The van der Waals surface area contributed by atoms with E-state index in [0.29, 0.717) is 6.54 Å². The number of carbonyl (C=O) groups excluding carboxylic acids is 2. The van der Waals surface area contributed by atoms with E-state index in [4.69, 9.17) is 0 Å². The summed E-state index contributed by atoms with van der Waals surface area (Å²) in [7, 11) is 0. The highest BCUT2D eigenvalue weighted by Crippen LogP contribution is 2.29. The van der Waals surface area contributed by atoms with Crippen molar-refractivity contribution in [3.8, 4) is 0 Å². The molecule has 0 saturated carbocycles. The summed E-state index contributed by atoms with van der Waals surface area (Å²) in [6, 6.07) is 11.4. The van der Waals surface area contributed by atoms with Crippen molar-refractivity contribution in [2.45, 2.75) is 19.6 Å². The molecule has 2 amide bonds. The number of hydrogen-bond acceptors (Lipinski definition) is 2. The maximum Gasteiger partial charge on any atom is 0.416 e. The van der Waals surface area contributed by atoms with Crippen LogP contribution in [0.2, 0.25) is 0 Å². The highest BCUT2D eigenvalue weighted by Gasteiger charge is 2.30. The van der Waals surface area contributed by atoms with Gasteiger partial charge in [-0.3, -0.25) is 9.59 Å². The van der Waals surface area contributed by atoms with E-state index in [-0.39, 0.29) is 18.0 Å². The summed E-state index contributed by atoms with van der Waals surface area (Å²) in [4.78, 5) is 23.6. The summed E-state index contributed by atoms with van der Waals surface area (Å²) in [5.74, 6) is -0.997. The Bertz CT molecular complexity index is 756. The standard InChI is InChI=1S/C18H17F3N2O2/c1-12-4-2-3-5-14(12)10-22-16(24)11-23-17(25)13-6-8-15(9-7-13)18(19,20)21/h2-9H,10-11H2,1H3,(H,22,24)(H,23,25). The van der Waals surface area contributed by atoms with Gasteiger partial charge < -0.3 is 10.6 Å². The Morgan fingerprint density at radius 1 is 0.960 bits per heavy atom. The molecule has 0 saturated heterocycles. The topological polar surface area (TPSA) is 58.2 Å². The van der Waals surface area contributed by atoms with Crippen molar-refractivity contribution >= 4 is 11.8 Å². The van der Waals surface area contributed by atoms with E-state index >= 15 is 0 Å². The van der Waals surface area contributed by atoms with Gasteiger partial charge >= 0.3 is 6.18 Å². The van der Waals surface area contributed by atoms with Crippen LogP contribution in [0.15, 0.2) is 48.5 Å². The third-order valence-electron chi connectivity index (χ3n) is 3.62. The van der Waals surface area contributed by atoms with Crippen LogP contribution in [0.3, 0.4) is 0 Å². The molecular formula is C18H17F3N2O2. The summed E-state index contributed by atoms with van der Waals surface area (Å²) in [6.45, 7) is 2.00. The molecule has 0 fully saturated rings. The number of hydrogen-bond donors (Lipinski definition) is 2. The molecule has 25 heavy (non-hydrogen) atoms. The smallest absolute Gasteiger partial charge is 0.350 e. The maximum absolute atomic E-state index is 12.5. The lowest BCUT2D eigenvalue weighted by atomic mass is 10.1. The third-order valence-corrected chi connectivity index (χ3v) is 3.62. The van der Waals surface area contributed by atoms with Crippen LogP contribution >= 0.6 is 0 Å². The minimum Gasteiger partial charge on any atom is -0.350 e. The zero-order valence-corrected chi connectivity index (χ0v) is 13.5. The van der Waals surface area contributed by atoms with Crippen molar-refractivity contribution < 1.29 is 22.8 Å². The molecule has 2 aromatic carbocycles. The molecule has 2 N–H and O–H groups in total. The van der Waals surface area contributed by atoms with Gasteiger partial charge in [-0.25, -0.2) is 0 Å². The summed E-state index contributed by atoms with van der Waals surface area (Å²) in [5.41, 5.74) is 1.22. The molecule has 7 heteroatoms. The molecule has 0 radical (unpaired) electrons. The second-order valence-electron chi connectivity index (χ2n) is 5.46. The highest BCUT2D eigenvalue weighted by molar-refractivity contribution is 5.96. The molecule has 0 atom stereocenters. The van der Waals surface area contributed by atoms with Crippen LogP contribution < -0.4 is 10.6 Å². The highest BCUT2D eigenvalue weighted by atomic mass is 19.4. The van der Waals surface area contributed by atoms with Crippen LogP contribution in [0, 0.1) is 6.92 Å². The van der Waals surface area contributed by atoms with Crippen LogP contribution in [-0.4, -0.2) is 18.4 Å². The first-order valence-corrected chi connectivity index (χ1v) is 7.54. The van der Waals surface area contributed by atoms with E-state index < -0.39 is 17.6 Å². The second-order valence-corrected chi connectivity index (χ2v) is 5.46. The fourth-order valence-electron chi connectivity index (χ4n) is 2.14. The fraction of sp³-hybridized carbons (Fsp3) is 0.222. The SMILES string of the molecule is Cc1ccccc1CNC(=O)CNC(=O)c1ccc(C(F)(F)F)cc1. The first kappa shape index (κ1) is 18.5. The van der Waals surface area contributed by atoms with E-state index in [1.165, 1.54) is 0 Å². The summed E-state index contributed by atoms with van der Waals surface area (Å²) in [5, 5.41) is 5.05. The van der Waals surface area contributed by atoms with Crippen LogP contribution in [0.25, 0.3) is 0 Å². The van der Waals surface area contributed by atoms with Gasteiger partial charge in [0, 0.05) is 12.1 Å². The Morgan fingerprint density at radius 3 is 2.20 bits per heavy atom. The third kappa shape index (κ3) is 5.34. The first-order chi connectivity index (χ1) is 11.8. The van der Waals surface area contributed by atoms with Gasteiger partial charge in [0.2, 0.25) is 5.91 Å². The number of rotatable bonds is 5. The molecular weight excluding hydrogens is 333 g/mol. The lowest BCUT2D eigenvalue weighted by Gasteiger charge is -2.10. The summed E-state index contributed by atoms with van der Waals surface area (Å²) < 4.78 is 37.4. The number of benzene rings is 2. The normalized spacial score (nSPS) is 11.0. The number of amides is 2. The Kier molecular flexibility index (Phi) is 5.80. The second kappa shape index (κ2) is 7.83. The molecule has 4 nitrogen and oxygen atoms in total. The van der Waals surface area contributed by atoms with Gasteiger partial charge in [0.05, 0.1) is 12.1 Å². The van der Waals surface area contributed by atoms with Gasteiger partial charge in [-0.05, 0) is 42.3 Å². The van der Waals surface area contributed by atoms with Gasteiger partial charge in [0.15, 0.2) is 0 Å². The van der Waals surface area contributed by atoms with E-state index in [2.05, 4.69) is 10.6 Å². The number of halogens is 3. The van der Waals surface area contributed by atoms with Gasteiger partial charge in [-0.2, -0.15) is 13.2 Å². The van der Waals surface area contributed by atoms with E-state index in [1.807, 2.05) is 31.2 Å². The molecule has 0 unspecified atom stereocenters. The van der Waals surface area contributed by atoms with Gasteiger partial charge in [0.1, 0.15) is 0 Å². The molecule has 0 heterocycles. The van der Waals surface area contributed by atoms with E-state index in [0.717, 1.165) is 35.4 Å². The van der Waals surface area contributed by atoms with Crippen molar-refractivity contribution in [3.63, 3.8) is 0 Å². The fourth-order valence-corrected chi connectivity index (χ4v) is 2.14. The Morgan fingerprint density at radius 2 is 1.60 bits per heavy atom. The quantitative estimate of drug-likeness (QED) is 0.871. The number of nitrogens with one attached hydrogen (secondary N) is 2. The lowest BCUT2D eigenvalue weighted by molar-refractivity contribution is -0.137. The zero-order valence-electron chi connectivity index (χ0n) is 13.5. The molecule has 2 rings (SSSR count). The van der Waals surface area contributed by atoms with Crippen molar-refractivity contribution in [1.29, 1.82) is 0 Å². The average Bonchev–Trinajstić information content (AvgIpc) is 2.58. The van der Waals surface area contributed by atoms with E-state index in [9.17, 15) is 22.8 Å². The predicted octanol–water partition coefficient (Wildman–Crippen LogP) is 3.06. The minimum absolute atomic E-state index is 0.0553. The molecule has 2 aromatic rings. The molecule has 0 spiro atoms. The van der Waals surface area contributed by atoms with E-state index in [1.54, 1.807) is 0 Å². The van der Waals surface area contributed by atoms with Gasteiger partial charge in [-0.15, -0.1) is 0 Å². The Labute approximate surface area is 143 Å². The maximum atomic E-state index is 12.5. The Hall–Kier alpha value is -2.83. The number of aryl methyl sites for hydroxylation is 1. The monoisotopic (exact) mass is 350 g/mol. The largest absolute Gasteiger partial charge is 0.416 e. The first-order valence-electron chi connectivity index (χ1n) is 7.54. The molecule has 0 aliphatic rings. The van der Waals surface area contributed by atoms with Crippen LogP contribution in [0.5, 0.6) is 0 Å². The molecule has 0 aliphatic heterocycles. The summed E-state index contributed by atoms with van der Waals surface area (Å²) in [6.07, 6.45) is -4.45. The predicted molar refractivity (Wildman–Crippen MR) is 86.8 cm³/mol. The van der Waals surface area contributed by atoms with Crippen molar-refractivity contribution in [3.05, 3.63) is 70.8 Å². The molecule has 132 valence electrons. The lowest BCUT2D eigenvalue weighted by Crippen LogP contribution is -2.36. The summed E-state index contributed by atoms with van der Waals surface area (Å²) >= 11 is 0. The molecule has 0 bridgehead atoms. The van der Waals surface area contributed by atoms with Crippen molar-refractivity contribution in [1.82, 2.24) is 10.6 Å². The number of alkyl halides is 3. The average molecular weight is 350 g/mol. The van der Waals surface area contributed by atoms with Crippen LogP contribution in [0.4, 0.5) is 13.2 Å². The van der Waals surface area contributed by atoms with Gasteiger partial charge in [-0.1, -0.05) is 24.3 Å². The van der Waals surface area contributed by atoms with Crippen LogP contribution in [0.1, 0.15) is 27.0 Å². The Balaban J connectivity index is 1.83. The van der Waals surface area contributed by atoms with Crippen molar-refractivity contribution in [2.75, 3.05) is 6.54 Å². The minimum atomic E-state index is -4.45. The van der Waals surface area contributed by atoms with Crippen molar-refractivity contribution in [2.24, 2.45) is 0 Å². The molecule has 0 aliphatic carbocycles. The van der Waals surface area contributed by atoms with Crippen LogP contribution in [-0.2, 0) is 17.5 Å². The van der Waals surface area contributed by atoms with Gasteiger partial charge in [0.25, 0.3) is 5.91 Å². The molecule has 0 aromatic heterocycles. The zero-order chi connectivity index (χ0) is 18.4.